The van der Waals surface area contributed by atoms with E-state index in [2.05, 4.69) is 15.4 Å². The largest absolute Gasteiger partial charge is 0.463 e. The number of hydrogen-bond acceptors (Lipinski definition) is 4. The Kier molecular flexibility index (Phi) is 5.27. The summed E-state index contributed by atoms with van der Waals surface area (Å²) in [6.07, 6.45) is 0. The maximum absolute atomic E-state index is 14.4. The highest BCUT2D eigenvalue weighted by Crippen LogP contribution is 2.33. The molecule has 0 radical (unpaired) electrons. The number of esters is 1. The van der Waals surface area contributed by atoms with Gasteiger partial charge in [-0.15, -0.1) is 0 Å². The third kappa shape index (κ3) is 3.70. The van der Waals surface area contributed by atoms with Crippen molar-refractivity contribution in [2.75, 3.05) is 7.11 Å². The Bertz CT molecular complexity index is 961. The molecule has 5 nitrogen and oxygen atoms in total. The zero-order valence-corrected chi connectivity index (χ0v) is 14.9. The molecule has 0 bridgehead atoms. The summed E-state index contributed by atoms with van der Waals surface area (Å²) in [5, 5.41) is 5.75. The zero-order valence-electron chi connectivity index (χ0n) is 14.1. The van der Waals surface area contributed by atoms with Crippen molar-refractivity contribution >= 4 is 34.8 Å². The van der Waals surface area contributed by atoms with Gasteiger partial charge < -0.3 is 15.4 Å². The normalized spacial score (nSPS) is 16.4. The van der Waals surface area contributed by atoms with Crippen LogP contribution in [0.25, 0.3) is 5.70 Å². The molecule has 1 aliphatic rings. The Hall–Kier alpha value is -3.13. The molecule has 0 unspecified atom stereocenters. The Labute approximate surface area is 159 Å². The van der Waals surface area contributed by atoms with Gasteiger partial charge in [0, 0.05) is 11.6 Å². The second-order valence-electron chi connectivity index (χ2n) is 5.67. The van der Waals surface area contributed by atoms with Crippen LogP contribution in [0.4, 0.5) is 8.78 Å². The minimum atomic E-state index is -1.11. The predicted molar refractivity (Wildman–Crippen MR) is 98.4 cm³/mol. The Balaban J connectivity index is 2.25. The van der Waals surface area contributed by atoms with Gasteiger partial charge in [-0.2, -0.15) is 0 Å². The molecular weight excluding hydrogens is 374 g/mol. The molecule has 1 heterocycles. The molecule has 0 aromatic heterocycles. The Morgan fingerprint density at radius 3 is 2.44 bits per heavy atom. The number of ketones is 1. The number of hydrogen-bond donors (Lipinski definition) is 2. The molecule has 138 valence electrons. The van der Waals surface area contributed by atoms with E-state index in [1.54, 1.807) is 30.3 Å². The maximum Gasteiger partial charge on any atom is 0.379 e. The quantitative estimate of drug-likeness (QED) is 0.477. The topological polar surface area (TPSA) is 67.4 Å². The van der Waals surface area contributed by atoms with E-state index in [1.165, 1.54) is 6.07 Å². The molecule has 0 saturated carbocycles. The first-order valence-corrected chi connectivity index (χ1v) is 8.28. The van der Waals surface area contributed by atoms with Gasteiger partial charge in [0.05, 0.1) is 24.4 Å². The highest BCUT2D eigenvalue weighted by atomic mass is 32.1. The molecular formula is C19H14F2N2O3S. The van der Waals surface area contributed by atoms with Crippen LogP contribution in [-0.4, -0.2) is 24.0 Å². The van der Waals surface area contributed by atoms with Crippen LogP contribution in [0.1, 0.15) is 17.2 Å². The number of benzene rings is 2. The molecule has 0 spiro atoms. The first kappa shape index (κ1) is 18.7. The van der Waals surface area contributed by atoms with E-state index >= 15 is 0 Å². The van der Waals surface area contributed by atoms with Crippen molar-refractivity contribution in [3.63, 3.8) is 0 Å². The van der Waals surface area contributed by atoms with Crippen molar-refractivity contribution in [3.05, 3.63) is 76.9 Å². The average molecular weight is 388 g/mol. The Morgan fingerprint density at radius 1 is 1.11 bits per heavy atom. The average Bonchev–Trinajstić information content (AvgIpc) is 2.67. The van der Waals surface area contributed by atoms with Crippen LogP contribution in [0.3, 0.4) is 0 Å². The number of halogens is 2. The summed E-state index contributed by atoms with van der Waals surface area (Å²) in [6.45, 7) is 0. The van der Waals surface area contributed by atoms with Crippen molar-refractivity contribution in [1.82, 2.24) is 10.6 Å². The second-order valence-corrected chi connectivity index (χ2v) is 6.08. The van der Waals surface area contributed by atoms with Crippen LogP contribution in [0, 0.1) is 11.6 Å². The number of carbonyl (C=O) groups excluding carboxylic acids is 2. The third-order valence-electron chi connectivity index (χ3n) is 4.02. The van der Waals surface area contributed by atoms with Crippen molar-refractivity contribution in [2.24, 2.45) is 0 Å². The minimum Gasteiger partial charge on any atom is -0.463 e. The molecule has 0 saturated heterocycles. The van der Waals surface area contributed by atoms with Crippen molar-refractivity contribution in [2.45, 2.75) is 6.04 Å². The lowest BCUT2D eigenvalue weighted by molar-refractivity contribution is -0.150. The molecule has 1 atom stereocenters. The number of carbonyl (C=O) groups is 2. The fourth-order valence-corrected chi connectivity index (χ4v) is 3.03. The van der Waals surface area contributed by atoms with Gasteiger partial charge in [0.1, 0.15) is 11.6 Å². The predicted octanol–water partition coefficient (Wildman–Crippen LogP) is 2.64. The lowest BCUT2D eigenvalue weighted by atomic mass is 9.89. The molecule has 0 aliphatic carbocycles. The van der Waals surface area contributed by atoms with Crippen LogP contribution < -0.4 is 10.6 Å². The van der Waals surface area contributed by atoms with Crippen molar-refractivity contribution in [1.29, 1.82) is 0 Å². The van der Waals surface area contributed by atoms with Crippen LogP contribution in [0.15, 0.2) is 54.1 Å². The van der Waals surface area contributed by atoms with Crippen LogP contribution in [0.2, 0.25) is 0 Å². The first-order valence-electron chi connectivity index (χ1n) is 7.87. The van der Waals surface area contributed by atoms with E-state index in [0.717, 1.165) is 13.2 Å². The summed E-state index contributed by atoms with van der Waals surface area (Å²) in [5.41, 5.74) is 0.720. The van der Waals surface area contributed by atoms with Crippen LogP contribution in [-0.2, 0) is 14.3 Å². The van der Waals surface area contributed by atoms with Gasteiger partial charge in [0.15, 0.2) is 5.11 Å². The number of methoxy groups -OCH3 is 1. The van der Waals surface area contributed by atoms with E-state index in [4.69, 9.17) is 12.2 Å². The number of rotatable bonds is 4. The molecule has 27 heavy (non-hydrogen) atoms. The highest BCUT2D eigenvalue weighted by molar-refractivity contribution is 7.80. The van der Waals surface area contributed by atoms with Gasteiger partial charge in [-0.3, -0.25) is 4.79 Å². The smallest absolute Gasteiger partial charge is 0.379 e. The van der Waals surface area contributed by atoms with Crippen molar-refractivity contribution < 1.29 is 23.1 Å². The SMILES string of the molecule is COC(=O)C(=O)C1=C(c2ccccc2)NC(=S)N[C@@H]1c1ccc(F)cc1F. The summed E-state index contributed by atoms with van der Waals surface area (Å²) >= 11 is 5.18. The molecule has 0 amide bonds. The number of thiocarbonyl (C=S) groups is 1. The summed E-state index contributed by atoms with van der Waals surface area (Å²) < 4.78 is 32.3. The van der Waals surface area contributed by atoms with E-state index in [-0.39, 0.29) is 21.9 Å². The molecule has 0 fully saturated rings. The van der Waals surface area contributed by atoms with Crippen molar-refractivity contribution in [3.8, 4) is 0 Å². The van der Waals surface area contributed by atoms with Gasteiger partial charge in [-0.05, 0) is 23.8 Å². The third-order valence-corrected chi connectivity index (χ3v) is 4.24. The fourth-order valence-electron chi connectivity index (χ4n) is 2.81. The summed E-state index contributed by atoms with van der Waals surface area (Å²) in [5.74, 6) is -3.71. The minimum absolute atomic E-state index is 0.0269. The second kappa shape index (κ2) is 7.63. The number of Topliss-reactive ketones (excluding diaryl/α,β-unsaturated/α-hetero) is 1. The van der Waals surface area contributed by atoms with Gasteiger partial charge in [-0.1, -0.05) is 36.4 Å². The lowest BCUT2D eigenvalue weighted by Crippen LogP contribution is -2.46. The van der Waals surface area contributed by atoms with Gasteiger partial charge >= 0.3 is 5.97 Å². The zero-order chi connectivity index (χ0) is 19.6. The molecule has 2 aromatic rings. The van der Waals surface area contributed by atoms with E-state index in [1.807, 2.05) is 0 Å². The van der Waals surface area contributed by atoms with Crippen LogP contribution in [0.5, 0.6) is 0 Å². The molecule has 3 rings (SSSR count). The summed E-state index contributed by atoms with van der Waals surface area (Å²) in [4.78, 5) is 24.7. The van der Waals surface area contributed by atoms with E-state index < -0.39 is 29.4 Å². The number of ether oxygens (including phenoxy) is 1. The van der Waals surface area contributed by atoms with Gasteiger partial charge in [0.2, 0.25) is 0 Å². The molecule has 8 heteroatoms. The molecule has 2 aromatic carbocycles. The fraction of sp³-hybridized carbons (Fsp3) is 0.105. The monoisotopic (exact) mass is 388 g/mol. The maximum atomic E-state index is 14.4. The van der Waals surface area contributed by atoms with E-state index in [9.17, 15) is 18.4 Å². The standard InChI is InChI=1S/C19H14F2N2O3S/c1-26-18(25)17(24)14-15(10-5-3-2-4-6-10)22-19(27)23-16(14)12-8-7-11(20)9-13(12)21/h2-9,16H,1H3,(H2,22,23,27)/t16-/m1/s1. The molecule has 1 aliphatic heterocycles. The van der Waals surface area contributed by atoms with Gasteiger partial charge in [-0.25, -0.2) is 13.6 Å². The van der Waals surface area contributed by atoms with E-state index in [0.29, 0.717) is 11.6 Å². The first-order chi connectivity index (χ1) is 12.9. The highest BCUT2D eigenvalue weighted by Gasteiger charge is 2.36. The lowest BCUT2D eigenvalue weighted by Gasteiger charge is -2.31. The van der Waals surface area contributed by atoms with Crippen LogP contribution >= 0.6 is 12.2 Å². The summed E-state index contributed by atoms with van der Waals surface area (Å²) in [7, 11) is 1.07. The Morgan fingerprint density at radius 2 is 1.81 bits per heavy atom. The number of nitrogens with one attached hydrogen (secondary N) is 2. The summed E-state index contributed by atoms with van der Waals surface area (Å²) in [6, 6.07) is 10.5. The van der Waals surface area contributed by atoms with Gasteiger partial charge in [0.25, 0.3) is 5.78 Å². The molecule has 2 N–H and O–H groups in total.